The summed E-state index contributed by atoms with van der Waals surface area (Å²) in [6.07, 6.45) is 2.59. The third-order valence-corrected chi connectivity index (χ3v) is 3.35. The second-order valence-corrected chi connectivity index (χ2v) is 4.99. The normalized spacial score (nSPS) is 12.2. The summed E-state index contributed by atoms with van der Waals surface area (Å²) in [5.74, 6) is 1.63. The number of rotatable bonds is 6. The average molecular weight is 270 g/mol. The summed E-state index contributed by atoms with van der Waals surface area (Å²) in [4.78, 5) is 0. The van der Waals surface area contributed by atoms with Crippen LogP contribution in [0.1, 0.15) is 43.9 Å². The predicted molar refractivity (Wildman–Crippen MR) is 82.2 cm³/mol. The van der Waals surface area contributed by atoms with Gasteiger partial charge in [-0.25, -0.2) is 0 Å². The van der Waals surface area contributed by atoms with Crippen LogP contribution in [0.3, 0.4) is 0 Å². The first kappa shape index (κ1) is 14.6. The van der Waals surface area contributed by atoms with Crippen molar-refractivity contribution in [2.75, 3.05) is 0 Å². The number of aliphatic hydroxyl groups excluding tert-OH is 1. The number of aryl methyl sites for hydroxylation is 1. The van der Waals surface area contributed by atoms with Gasteiger partial charge >= 0.3 is 0 Å². The van der Waals surface area contributed by atoms with Crippen molar-refractivity contribution in [2.45, 2.75) is 39.2 Å². The SMILES string of the molecule is CCCc1ccc(Oc2ccc([C@@H](O)CC)cc2)cc1. The van der Waals surface area contributed by atoms with Gasteiger partial charge in [0.25, 0.3) is 0 Å². The van der Waals surface area contributed by atoms with Gasteiger partial charge in [-0.2, -0.15) is 0 Å². The molecule has 0 aromatic heterocycles. The first-order chi connectivity index (χ1) is 9.72. The molecule has 0 radical (unpaired) electrons. The van der Waals surface area contributed by atoms with Gasteiger partial charge in [0, 0.05) is 0 Å². The van der Waals surface area contributed by atoms with Crippen LogP contribution in [-0.2, 0) is 6.42 Å². The molecule has 1 atom stereocenters. The van der Waals surface area contributed by atoms with Crippen LogP contribution in [0.4, 0.5) is 0 Å². The van der Waals surface area contributed by atoms with E-state index in [1.165, 1.54) is 5.56 Å². The van der Waals surface area contributed by atoms with E-state index in [-0.39, 0.29) is 0 Å². The Kier molecular flexibility index (Phi) is 5.19. The second-order valence-electron chi connectivity index (χ2n) is 4.99. The molecule has 2 aromatic rings. The van der Waals surface area contributed by atoms with E-state index in [1.807, 2.05) is 43.3 Å². The Labute approximate surface area is 121 Å². The smallest absolute Gasteiger partial charge is 0.127 e. The van der Waals surface area contributed by atoms with E-state index in [0.717, 1.165) is 36.3 Å². The second kappa shape index (κ2) is 7.11. The molecular formula is C18H22O2. The molecule has 0 aliphatic carbocycles. The van der Waals surface area contributed by atoms with Crippen LogP contribution in [0.2, 0.25) is 0 Å². The van der Waals surface area contributed by atoms with Crippen molar-refractivity contribution in [1.29, 1.82) is 0 Å². The maximum atomic E-state index is 9.75. The van der Waals surface area contributed by atoms with Crippen molar-refractivity contribution in [1.82, 2.24) is 0 Å². The average Bonchev–Trinajstić information content (AvgIpc) is 2.49. The molecule has 20 heavy (non-hydrogen) atoms. The van der Waals surface area contributed by atoms with E-state index in [4.69, 9.17) is 4.74 Å². The molecule has 106 valence electrons. The third-order valence-electron chi connectivity index (χ3n) is 3.35. The van der Waals surface area contributed by atoms with Crippen molar-refractivity contribution in [3.05, 3.63) is 59.7 Å². The number of benzene rings is 2. The highest BCUT2D eigenvalue weighted by Crippen LogP contribution is 2.24. The molecule has 0 amide bonds. The maximum Gasteiger partial charge on any atom is 0.127 e. The monoisotopic (exact) mass is 270 g/mol. The molecular weight excluding hydrogens is 248 g/mol. The Morgan fingerprint density at radius 2 is 1.45 bits per heavy atom. The van der Waals surface area contributed by atoms with E-state index in [1.54, 1.807) is 0 Å². The molecule has 0 saturated carbocycles. The lowest BCUT2D eigenvalue weighted by Crippen LogP contribution is -1.94. The Morgan fingerprint density at radius 3 is 1.95 bits per heavy atom. The minimum Gasteiger partial charge on any atom is -0.457 e. The van der Waals surface area contributed by atoms with Gasteiger partial charge < -0.3 is 9.84 Å². The largest absolute Gasteiger partial charge is 0.457 e. The minimum atomic E-state index is -0.391. The van der Waals surface area contributed by atoms with Crippen molar-refractivity contribution >= 4 is 0 Å². The first-order valence-electron chi connectivity index (χ1n) is 7.27. The van der Waals surface area contributed by atoms with Crippen LogP contribution >= 0.6 is 0 Å². The number of hydrogen-bond acceptors (Lipinski definition) is 2. The highest BCUT2D eigenvalue weighted by atomic mass is 16.5. The summed E-state index contributed by atoms with van der Waals surface area (Å²) < 4.78 is 5.80. The molecule has 0 fully saturated rings. The Morgan fingerprint density at radius 1 is 0.900 bits per heavy atom. The van der Waals surface area contributed by atoms with Gasteiger partial charge in [-0.3, -0.25) is 0 Å². The van der Waals surface area contributed by atoms with Crippen LogP contribution in [0.5, 0.6) is 11.5 Å². The van der Waals surface area contributed by atoms with Gasteiger partial charge in [0.1, 0.15) is 11.5 Å². The molecule has 0 spiro atoms. The summed E-state index contributed by atoms with van der Waals surface area (Å²) in [6.45, 7) is 4.14. The highest BCUT2D eigenvalue weighted by molar-refractivity contribution is 5.35. The van der Waals surface area contributed by atoms with Crippen molar-refractivity contribution in [2.24, 2.45) is 0 Å². The fraction of sp³-hybridized carbons (Fsp3) is 0.333. The summed E-state index contributed by atoms with van der Waals surface area (Å²) in [5, 5.41) is 9.75. The lowest BCUT2D eigenvalue weighted by molar-refractivity contribution is 0.173. The van der Waals surface area contributed by atoms with Gasteiger partial charge in [-0.05, 0) is 48.2 Å². The van der Waals surface area contributed by atoms with E-state index >= 15 is 0 Å². The van der Waals surface area contributed by atoms with Gasteiger partial charge in [0.15, 0.2) is 0 Å². The van der Waals surface area contributed by atoms with E-state index in [2.05, 4.69) is 19.1 Å². The quantitative estimate of drug-likeness (QED) is 0.811. The van der Waals surface area contributed by atoms with Crippen molar-refractivity contribution < 1.29 is 9.84 Å². The van der Waals surface area contributed by atoms with Gasteiger partial charge in [0.05, 0.1) is 6.10 Å². The number of hydrogen-bond donors (Lipinski definition) is 1. The fourth-order valence-electron chi connectivity index (χ4n) is 2.14. The fourth-order valence-corrected chi connectivity index (χ4v) is 2.14. The lowest BCUT2D eigenvalue weighted by atomic mass is 10.1. The summed E-state index contributed by atoms with van der Waals surface area (Å²) in [6, 6.07) is 15.8. The van der Waals surface area contributed by atoms with Gasteiger partial charge in [-0.1, -0.05) is 44.5 Å². The summed E-state index contributed by atoms with van der Waals surface area (Å²) >= 11 is 0. The number of ether oxygens (including phenoxy) is 1. The zero-order chi connectivity index (χ0) is 14.4. The predicted octanol–water partition coefficient (Wildman–Crippen LogP) is 4.87. The van der Waals surface area contributed by atoms with Crippen LogP contribution in [-0.4, -0.2) is 5.11 Å². The Balaban J connectivity index is 2.02. The molecule has 2 rings (SSSR count). The first-order valence-corrected chi connectivity index (χ1v) is 7.27. The zero-order valence-electron chi connectivity index (χ0n) is 12.2. The van der Waals surface area contributed by atoms with Crippen LogP contribution < -0.4 is 4.74 Å². The maximum absolute atomic E-state index is 9.75. The van der Waals surface area contributed by atoms with Crippen molar-refractivity contribution in [3.63, 3.8) is 0 Å². The number of aliphatic hydroxyl groups is 1. The van der Waals surface area contributed by atoms with Crippen LogP contribution in [0, 0.1) is 0 Å². The molecule has 0 aliphatic heterocycles. The molecule has 0 saturated heterocycles. The van der Waals surface area contributed by atoms with E-state index < -0.39 is 6.10 Å². The lowest BCUT2D eigenvalue weighted by Gasteiger charge is -2.10. The molecule has 0 unspecified atom stereocenters. The summed E-state index contributed by atoms with van der Waals surface area (Å²) in [7, 11) is 0. The molecule has 2 nitrogen and oxygen atoms in total. The van der Waals surface area contributed by atoms with E-state index in [9.17, 15) is 5.11 Å². The third kappa shape index (κ3) is 3.84. The molecule has 0 aliphatic rings. The topological polar surface area (TPSA) is 29.5 Å². The molecule has 1 N–H and O–H groups in total. The van der Waals surface area contributed by atoms with E-state index in [0.29, 0.717) is 0 Å². The standard InChI is InChI=1S/C18H22O2/c1-3-5-14-6-10-16(11-7-14)20-17-12-8-15(9-13-17)18(19)4-2/h6-13,18-19H,3-5H2,1-2H3/t18-/m0/s1. The molecule has 2 aromatic carbocycles. The Hall–Kier alpha value is -1.80. The molecule has 0 heterocycles. The van der Waals surface area contributed by atoms with Gasteiger partial charge in [-0.15, -0.1) is 0 Å². The zero-order valence-corrected chi connectivity index (χ0v) is 12.2. The molecule has 2 heteroatoms. The van der Waals surface area contributed by atoms with Crippen LogP contribution in [0.25, 0.3) is 0 Å². The Bertz CT molecular complexity index is 514. The van der Waals surface area contributed by atoms with Crippen molar-refractivity contribution in [3.8, 4) is 11.5 Å². The molecule has 0 bridgehead atoms. The minimum absolute atomic E-state index is 0.391. The highest BCUT2D eigenvalue weighted by Gasteiger charge is 2.04. The van der Waals surface area contributed by atoms with Gasteiger partial charge in [0.2, 0.25) is 0 Å². The van der Waals surface area contributed by atoms with Crippen LogP contribution in [0.15, 0.2) is 48.5 Å². The summed E-state index contributed by atoms with van der Waals surface area (Å²) in [5.41, 5.74) is 2.26.